The number of aromatic nitrogens is 2. The quantitative estimate of drug-likeness (QED) is 0.573. The Hall–Kier alpha value is -2.70. The molecule has 1 aromatic heterocycles. The number of carbonyl (C=O) groups excluding carboxylic acids is 1. The van der Waals surface area contributed by atoms with E-state index in [2.05, 4.69) is 15.7 Å². The lowest BCUT2D eigenvalue weighted by molar-refractivity contribution is 0.262. The Balaban J connectivity index is 1.78. The van der Waals surface area contributed by atoms with Gasteiger partial charge in [-0.05, 0) is 43.7 Å². The lowest BCUT2D eigenvalue weighted by Gasteiger charge is -2.12. The Morgan fingerprint density at radius 1 is 1.14 bits per heavy atom. The van der Waals surface area contributed by atoms with Crippen LogP contribution in [0.15, 0.2) is 42.5 Å². The predicted octanol–water partition coefficient (Wildman–Crippen LogP) is 5.51. The number of nitrogens with one attached hydrogen (secondary N) is 2. The second kappa shape index (κ2) is 8.54. The highest BCUT2D eigenvalue weighted by molar-refractivity contribution is 6.31. The normalized spacial score (nSPS) is 10.6. The molecule has 0 unspecified atom stereocenters. The van der Waals surface area contributed by atoms with Gasteiger partial charge >= 0.3 is 6.03 Å². The number of anilines is 2. The summed E-state index contributed by atoms with van der Waals surface area (Å²) in [6, 6.07) is 12.2. The molecule has 0 aliphatic rings. The smallest absolute Gasteiger partial charge is 0.323 e. The van der Waals surface area contributed by atoms with Gasteiger partial charge in [-0.2, -0.15) is 5.10 Å². The first-order valence-corrected chi connectivity index (χ1v) is 9.33. The number of rotatable bonds is 5. The molecule has 0 atom stereocenters. The van der Waals surface area contributed by atoms with Crippen LogP contribution in [-0.2, 0) is 6.54 Å². The van der Waals surface area contributed by atoms with Crippen LogP contribution in [-0.4, -0.2) is 22.9 Å². The topological polar surface area (TPSA) is 68.2 Å². The van der Waals surface area contributed by atoms with Gasteiger partial charge in [-0.15, -0.1) is 0 Å². The molecule has 1 heterocycles. The first kappa shape index (κ1) is 20.0. The molecule has 2 amide bonds. The van der Waals surface area contributed by atoms with Gasteiger partial charge in [-0.25, -0.2) is 4.79 Å². The number of aryl methyl sites for hydroxylation is 1. The highest BCUT2D eigenvalue weighted by Crippen LogP contribution is 2.28. The summed E-state index contributed by atoms with van der Waals surface area (Å²) in [5.74, 6) is 0.516. The highest BCUT2D eigenvalue weighted by Gasteiger charge is 2.16. The lowest BCUT2D eigenvalue weighted by atomic mass is 10.2. The van der Waals surface area contributed by atoms with Crippen LogP contribution >= 0.6 is 23.2 Å². The van der Waals surface area contributed by atoms with Gasteiger partial charge in [0.25, 0.3) is 0 Å². The molecule has 8 heteroatoms. The molecule has 0 bridgehead atoms. The van der Waals surface area contributed by atoms with Crippen molar-refractivity contribution in [1.82, 2.24) is 9.78 Å². The fourth-order valence-corrected chi connectivity index (χ4v) is 3.23. The number of carbonyl (C=O) groups is 1. The molecule has 2 N–H and O–H groups in total. The van der Waals surface area contributed by atoms with Gasteiger partial charge in [0.15, 0.2) is 0 Å². The number of urea groups is 1. The van der Waals surface area contributed by atoms with Crippen molar-refractivity contribution in [3.63, 3.8) is 0 Å². The molecular formula is C20H20Cl2N4O2. The average molecular weight is 419 g/mol. The van der Waals surface area contributed by atoms with Crippen LogP contribution in [0.1, 0.15) is 17.0 Å². The van der Waals surface area contributed by atoms with Gasteiger partial charge < -0.3 is 15.4 Å². The van der Waals surface area contributed by atoms with Crippen LogP contribution in [0.3, 0.4) is 0 Å². The maximum absolute atomic E-state index is 12.5. The molecule has 0 spiro atoms. The van der Waals surface area contributed by atoms with Crippen LogP contribution < -0.4 is 15.4 Å². The largest absolute Gasteiger partial charge is 0.495 e. The van der Waals surface area contributed by atoms with Crippen LogP contribution in [0.2, 0.25) is 10.0 Å². The number of methoxy groups -OCH3 is 1. The molecule has 0 radical (unpaired) electrons. The van der Waals surface area contributed by atoms with E-state index in [1.165, 1.54) is 7.11 Å². The third-order valence-corrected chi connectivity index (χ3v) is 4.91. The summed E-state index contributed by atoms with van der Waals surface area (Å²) in [7, 11) is 1.53. The van der Waals surface area contributed by atoms with E-state index in [9.17, 15) is 4.79 Å². The van der Waals surface area contributed by atoms with Gasteiger partial charge in [-0.1, -0.05) is 41.4 Å². The number of amides is 2. The van der Waals surface area contributed by atoms with Crippen LogP contribution in [0, 0.1) is 13.8 Å². The van der Waals surface area contributed by atoms with Crippen LogP contribution in [0.25, 0.3) is 0 Å². The maximum atomic E-state index is 12.5. The number of ether oxygens (including phenoxy) is 1. The minimum Gasteiger partial charge on any atom is -0.495 e. The van der Waals surface area contributed by atoms with E-state index in [0.717, 1.165) is 11.3 Å². The Morgan fingerprint density at radius 2 is 1.89 bits per heavy atom. The molecule has 6 nitrogen and oxygen atoms in total. The minimum absolute atomic E-state index is 0.413. The van der Waals surface area contributed by atoms with Crippen LogP contribution in [0.5, 0.6) is 5.75 Å². The molecule has 28 heavy (non-hydrogen) atoms. The number of benzene rings is 2. The maximum Gasteiger partial charge on any atom is 0.323 e. The molecule has 0 aliphatic carbocycles. The van der Waals surface area contributed by atoms with Crippen molar-refractivity contribution in [1.29, 1.82) is 0 Å². The Kier molecular flexibility index (Phi) is 6.11. The number of hydrogen-bond donors (Lipinski definition) is 2. The Bertz CT molecular complexity index is 1020. The molecular weight excluding hydrogens is 399 g/mol. The average Bonchev–Trinajstić information content (AvgIpc) is 2.91. The van der Waals surface area contributed by atoms with Gasteiger partial charge in [0, 0.05) is 10.0 Å². The van der Waals surface area contributed by atoms with Crippen LogP contribution in [0.4, 0.5) is 16.2 Å². The van der Waals surface area contributed by atoms with E-state index in [1.54, 1.807) is 18.2 Å². The molecule has 3 rings (SSSR count). The fourth-order valence-electron chi connectivity index (χ4n) is 2.86. The summed E-state index contributed by atoms with van der Waals surface area (Å²) in [6.07, 6.45) is 0. The molecule has 0 aliphatic heterocycles. The standard InChI is InChI=1S/C20H20Cl2N4O2/c1-12-19(13(2)26(25-12)11-14-6-4-5-7-16(14)22)24-20(27)23-17-10-15(21)8-9-18(17)28-3/h4-10H,11H2,1-3H3,(H2,23,24,27). The summed E-state index contributed by atoms with van der Waals surface area (Å²) < 4.78 is 7.06. The van der Waals surface area contributed by atoms with Gasteiger partial charge in [0.2, 0.25) is 0 Å². The second-order valence-corrected chi connectivity index (χ2v) is 7.06. The SMILES string of the molecule is COc1ccc(Cl)cc1NC(=O)Nc1c(C)nn(Cc2ccccc2Cl)c1C. The van der Waals surface area contributed by atoms with E-state index < -0.39 is 6.03 Å². The van der Waals surface area contributed by atoms with Crippen molar-refractivity contribution >= 4 is 40.6 Å². The lowest BCUT2D eigenvalue weighted by Crippen LogP contribution is -2.20. The van der Waals surface area contributed by atoms with E-state index in [4.69, 9.17) is 27.9 Å². The summed E-state index contributed by atoms with van der Waals surface area (Å²) in [5, 5.41) is 11.3. The second-order valence-electron chi connectivity index (χ2n) is 6.22. The Morgan fingerprint density at radius 3 is 2.61 bits per heavy atom. The van der Waals surface area contributed by atoms with Gasteiger partial charge in [0.05, 0.1) is 36.4 Å². The zero-order chi connectivity index (χ0) is 20.3. The van der Waals surface area contributed by atoms with Crippen molar-refractivity contribution in [3.05, 3.63) is 69.5 Å². The minimum atomic E-state index is -0.413. The first-order valence-electron chi connectivity index (χ1n) is 8.58. The van der Waals surface area contributed by atoms with Crippen molar-refractivity contribution in [2.24, 2.45) is 0 Å². The van der Waals surface area contributed by atoms with E-state index in [1.807, 2.05) is 42.8 Å². The van der Waals surface area contributed by atoms with Crippen molar-refractivity contribution in [2.45, 2.75) is 20.4 Å². The van der Waals surface area contributed by atoms with E-state index >= 15 is 0 Å². The number of nitrogens with zero attached hydrogens (tertiary/aromatic N) is 2. The highest BCUT2D eigenvalue weighted by atomic mass is 35.5. The van der Waals surface area contributed by atoms with Crippen molar-refractivity contribution < 1.29 is 9.53 Å². The third kappa shape index (κ3) is 4.40. The molecule has 0 saturated heterocycles. The number of halogens is 2. The van der Waals surface area contributed by atoms with Gasteiger partial charge in [-0.3, -0.25) is 4.68 Å². The molecule has 0 fully saturated rings. The molecule has 3 aromatic rings. The fraction of sp³-hybridized carbons (Fsp3) is 0.200. The van der Waals surface area contributed by atoms with E-state index in [0.29, 0.717) is 39.4 Å². The monoisotopic (exact) mass is 418 g/mol. The summed E-state index contributed by atoms with van der Waals surface area (Å²) >= 11 is 12.3. The van der Waals surface area contributed by atoms with E-state index in [-0.39, 0.29) is 0 Å². The summed E-state index contributed by atoms with van der Waals surface area (Å²) in [6.45, 7) is 4.25. The zero-order valence-corrected chi connectivity index (χ0v) is 17.2. The Labute approximate surface area is 173 Å². The summed E-state index contributed by atoms with van der Waals surface area (Å²) in [4.78, 5) is 12.5. The third-order valence-electron chi connectivity index (χ3n) is 4.31. The summed E-state index contributed by atoms with van der Waals surface area (Å²) in [5.41, 5.74) is 3.61. The van der Waals surface area contributed by atoms with Crippen molar-refractivity contribution in [2.75, 3.05) is 17.7 Å². The van der Waals surface area contributed by atoms with Gasteiger partial charge in [0.1, 0.15) is 5.75 Å². The molecule has 2 aromatic carbocycles. The predicted molar refractivity (Wildman–Crippen MR) is 113 cm³/mol. The number of hydrogen-bond acceptors (Lipinski definition) is 3. The first-order chi connectivity index (χ1) is 13.4. The van der Waals surface area contributed by atoms with Crippen molar-refractivity contribution in [3.8, 4) is 5.75 Å². The molecule has 0 saturated carbocycles. The zero-order valence-electron chi connectivity index (χ0n) is 15.7. The molecule has 146 valence electrons.